The van der Waals surface area contributed by atoms with Crippen LogP contribution in [0.1, 0.15) is 19.8 Å². The molecule has 0 aliphatic carbocycles. The zero-order valence-electron chi connectivity index (χ0n) is 16.4. The molecule has 1 saturated heterocycles. The lowest BCUT2D eigenvalue weighted by molar-refractivity contribution is -0.325. The summed E-state index contributed by atoms with van der Waals surface area (Å²) in [5.74, 6) is -12.8. The van der Waals surface area contributed by atoms with Gasteiger partial charge in [0.25, 0.3) is 11.7 Å². The van der Waals surface area contributed by atoms with Crippen molar-refractivity contribution in [3.63, 3.8) is 0 Å². The molecule has 0 aromatic rings. The van der Waals surface area contributed by atoms with Gasteiger partial charge in [0, 0.05) is 6.54 Å². The van der Waals surface area contributed by atoms with Gasteiger partial charge in [0.05, 0.1) is 12.6 Å². The topological polar surface area (TPSA) is 232 Å². The minimum absolute atomic E-state index is 0.0891. The molecule has 13 nitrogen and oxygen atoms in total. The van der Waals surface area contributed by atoms with Crippen molar-refractivity contribution in [2.24, 2.45) is 5.73 Å². The summed E-state index contributed by atoms with van der Waals surface area (Å²) in [7, 11) is 0. The lowest BCUT2D eigenvalue weighted by atomic mass is 9.97. The fraction of sp³-hybridized carbons (Fsp3) is 0.812. The average Bonchev–Trinajstić information content (AvgIpc) is 2.95. The van der Waals surface area contributed by atoms with Crippen LogP contribution in [-0.4, -0.2) is 110 Å². The van der Waals surface area contributed by atoms with E-state index in [-0.39, 0.29) is 12.8 Å². The van der Waals surface area contributed by atoms with Gasteiger partial charge in [0.15, 0.2) is 0 Å². The summed E-state index contributed by atoms with van der Waals surface area (Å²) in [5.41, 5.74) is 5.55. The van der Waals surface area contributed by atoms with Crippen molar-refractivity contribution in [3.8, 4) is 0 Å². The molecule has 2 amide bonds. The summed E-state index contributed by atoms with van der Waals surface area (Å²) in [5, 5.41) is 60.4. The van der Waals surface area contributed by atoms with Gasteiger partial charge in [-0.3, -0.25) is 14.4 Å². The van der Waals surface area contributed by atoms with Gasteiger partial charge >= 0.3 is 11.9 Å². The summed E-state index contributed by atoms with van der Waals surface area (Å²) in [6.07, 6.45) is -9.03. The Morgan fingerprint density at radius 3 is 2.39 bits per heavy atom. The van der Waals surface area contributed by atoms with Crippen molar-refractivity contribution in [1.29, 1.82) is 0 Å². The van der Waals surface area contributed by atoms with E-state index in [1.54, 1.807) is 5.32 Å². The number of rotatable bonds is 11. The normalized spacial score (nSPS) is 29.1. The van der Waals surface area contributed by atoms with E-state index in [2.05, 4.69) is 10.1 Å². The molecule has 180 valence electrons. The van der Waals surface area contributed by atoms with Crippen molar-refractivity contribution in [2.75, 3.05) is 13.2 Å². The molecule has 0 saturated carbocycles. The zero-order valence-corrected chi connectivity index (χ0v) is 16.4. The second-order valence-corrected chi connectivity index (χ2v) is 7.11. The maximum Gasteiger partial charge on any atom is 0.379 e. The van der Waals surface area contributed by atoms with E-state index in [0.29, 0.717) is 0 Å². The molecule has 1 rings (SSSR count). The first-order valence-electron chi connectivity index (χ1n) is 9.20. The highest BCUT2D eigenvalue weighted by atomic mass is 19.3. The lowest BCUT2D eigenvalue weighted by Crippen LogP contribution is -2.63. The number of aliphatic hydroxyl groups excluding tert-OH is 4. The second kappa shape index (κ2) is 10.5. The number of amides is 2. The van der Waals surface area contributed by atoms with Crippen molar-refractivity contribution in [3.05, 3.63) is 0 Å². The monoisotopic (exact) mass is 459 g/mol. The third-order valence-electron chi connectivity index (χ3n) is 4.72. The number of nitrogens with one attached hydrogen (secondary N) is 2. The molecule has 1 aliphatic heterocycles. The molecular formula is C16H27F2N3O10. The molecular weight excluding hydrogens is 432 g/mol. The Kier molecular flexibility index (Phi) is 9.19. The highest BCUT2D eigenvalue weighted by molar-refractivity contribution is 5.86. The Labute approximate surface area is 174 Å². The third-order valence-corrected chi connectivity index (χ3v) is 4.72. The van der Waals surface area contributed by atoms with E-state index in [1.807, 2.05) is 0 Å². The Bertz CT molecular complexity index is 670. The Morgan fingerprint density at radius 2 is 1.87 bits per heavy atom. The first kappa shape index (κ1) is 27.0. The fourth-order valence-electron chi connectivity index (χ4n) is 2.74. The van der Waals surface area contributed by atoms with Crippen molar-refractivity contribution >= 4 is 17.8 Å². The summed E-state index contributed by atoms with van der Waals surface area (Å²) in [4.78, 5) is 34.2. The smallest absolute Gasteiger partial charge is 0.379 e. The van der Waals surface area contributed by atoms with Gasteiger partial charge < -0.3 is 51.7 Å². The van der Waals surface area contributed by atoms with Crippen molar-refractivity contribution in [1.82, 2.24) is 10.6 Å². The Hall–Kier alpha value is -2.01. The predicted octanol–water partition coefficient (Wildman–Crippen LogP) is -4.40. The number of hydrogen-bond acceptors (Lipinski definition) is 10. The van der Waals surface area contributed by atoms with Gasteiger partial charge in [-0.25, -0.2) is 0 Å². The van der Waals surface area contributed by atoms with Crippen LogP contribution in [0.4, 0.5) is 8.78 Å². The zero-order chi connectivity index (χ0) is 24.1. The van der Waals surface area contributed by atoms with E-state index in [9.17, 15) is 43.6 Å². The number of aliphatic hydroxyl groups is 5. The molecule has 0 aromatic carbocycles. The molecule has 31 heavy (non-hydrogen) atoms. The van der Waals surface area contributed by atoms with Crippen molar-refractivity contribution in [2.45, 2.75) is 68.0 Å². The number of carbonyl (C=O) groups excluding carboxylic acids is 2. The minimum Gasteiger partial charge on any atom is -0.480 e. The molecule has 7 atom stereocenters. The Balaban J connectivity index is 2.63. The number of ether oxygens (including phenoxy) is 1. The standard InChI is InChI=1S/C16H27F2N3O10/c1-6(13(27)28)21-12(26)7(19)3-2-4-20-14(29)15(17,18)16(30)11(25)9(24)10(31-16)8(23)5-22/h6-11,22-25,30H,2-5,19H2,1H3,(H,20,29)(H,21,26)(H,27,28)/t6-,7+,8?,9-,10-,11+,16+/m0/s1. The molecule has 0 spiro atoms. The van der Waals surface area contributed by atoms with Gasteiger partial charge in [-0.15, -0.1) is 0 Å². The highest BCUT2D eigenvalue weighted by Gasteiger charge is 2.71. The van der Waals surface area contributed by atoms with Crippen LogP contribution in [0.15, 0.2) is 0 Å². The van der Waals surface area contributed by atoms with Crippen LogP contribution < -0.4 is 16.4 Å². The van der Waals surface area contributed by atoms with E-state index in [0.717, 1.165) is 0 Å². The highest BCUT2D eigenvalue weighted by Crippen LogP contribution is 2.42. The summed E-state index contributed by atoms with van der Waals surface area (Å²) in [6, 6.07) is -2.38. The van der Waals surface area contributed by atoms with E-state index in [4.69, 9.17) is 15.9 Å². The average molecular weight is 459 g/mol. The van der Waals surface area contributed by atoms with Crippen LogP contribution in [0.2, 0.25) is 0 Å². The molecule has 1 fully saturated rings. The van der Waals surface area contributed by atoms with E-state index >= 15 is 0 Å². The summed E-state index contributed by atoms with van der Waals surface area (Å²) >= 11 is 0. The fourth-order valence-corrected chi connectivity index (χ4v) is 2.74. The number of nitrogens with two attached hydrogens (primary N) is 1. The molecule has 1 unspecified atom stereocenters. The SMILES string of the molecule is C[C@H](NC(=O)[C@H](N)CCCNC(=O)C(F)(F)[C@]1(O)O[C@@H](C(O)CO)[C@H](O)[C@H]1O)C(=O)O. The van der Waals surface area contributed by atoms with Crippen LogP contribution in [0.25, 0.3) is 0 Å². The first-order valence-corrected chi connectivity index (χ1v) is 9.20. The van der Waals surface area contributed by atoms with Crippen LogP contribution in [0.3, 0.4) is 0 Å². The number of alkyl halides is 2. The Morgan fingerprint density at radius 1 is 1.29 bits per heavy atom. The number of aliphatic carboxylic acids is 1. The maximum atomic E-state index is 14.5. The van der Waals surface area contributed by atoms with Crippen LogP contribution in [-0.2, 0) is 19.1 Å². The minimum atomic E-state index is -4.78. The molecule has 10 N–H and O–H groups in total. The third kappa shape index (κ3) is 5.82. The first-order chi connectivity index (χ1) is 14.2. The van der Waals surface area contributed by atoms with Gasteiger partial charge in [-0.1, -0.05) is 0 Å². The van der Waals surface area contributed by atoms with E-state index in [1.165, 1.54) is 6.92 Å². The molecule has 15 heteroatoms. The van der Waals surface area contributed by atoms with E-state index < -0.39 is 79.1 Å². The van der Waals surface area contributed by atoms with Crippen LogP contribution in [0, 0.1) is 0 Å². The molecule has 1 aliphatic rings. The van der Waals surface area contributed by atoms with Crippen molar-refractivity contribution < 1.29 is 58.5 Å². The summed E-state index contributed by atoms with van der Waals surface area (Å²) in [6.45, 7) is -0.275. The number of carboxylic acid groups (broad SMARTS) is 1. The molecule has 1 heterocycles. The summed E-state index contributed by atoms with van der Waals surface area (Å²) < 4.78 is 33.4. The quantitative estimate of drug-likeness (QED) is 0.134. The van der Waals surface area contributed by atoms with Gasteiger partial charge in [-0.05, 0) is 19.8 Å². The largest absolute Gasteiger partial charge is 0.480 e. The van der Waals surface area contributed by atoms with Crippen LogP contribution >= 0.6 is 0 Å². The number of carbonyl (C=O) groups is 3. The van der Waals surface area contributed by atoms with Crippen LogP contribution in [0.5, 0.6) is 0 Å². The molecule has 0 aromatic heterocycles. The number of hydrogen-bond donors (Lipinski definition) is 9. The molecule has 0 bridgehead atoms. The number of halogens is 2. The lowest BCUT2D eigenvalue weighted by Gasteiger charge is -2.33. The van der Waals surface area contributed by atoms with Gasteiger partial charge in [0.2, 0.25) is 5.91 Å². The predicted molar refractivity (Wildman–Crippen MR) is 95.3 cm³/mol. The number of carboxylic acids is 1. The van der Waals surface area contributed by atoms with Gasteiger partial charge in [0.1, 0.15) is 30.5 Å². The van der Waals surface area contributed by atoms with Gasteiger partial charge in [-0.2, -0.15) is 8.78 Å². The maximum absolute atomic E-state index is 14.5. The molecule has 0 radical (unpaired) electrons. The second-order valence-electron chi connectivity index (χ2n) is 7.11.